The molecule has 3 rings (SSSR count). The highest BCUT2D eigenvalue weighted by Gasteiger charge is 2.20. The van der Waals surface area contributed by atoms with Gasteiger partial charge in [0.1, 0.15) is 0 Å². The first-order valence-corrected chi connectivity index (χ1v) is 6.61. The van der Waals surface area contributed by atoms with Crippen molar-refractivity contribution in [3.63, 3.8) is 0 Å². The van der Waals surface area contributed by atoms with Crippen molar-refractivity contribution in [1.82, 2.24) is 9.88 Å². The molecule has 0 radical (unpaired) electrons. The number of benzene rings is 1. The fraction of sp³-hybridized carbons (Fsp3) is 0.400. The van der Waals surface area contributed by atoms with Crippen molar-refractivity contribution >= 4 is 16.8 Å². The van der Waals surface area contributed by atoms with E-state index in [1.54, 1.807) is 11.5 Å². The Kier molecular flexibility index (Phi) is 2.92. The summed E-state index contributed by atoms with van der Waals surface area (Å²) in [6.07, 6.45) is 5.68. The largest absolute Gasteiger partial charge is 0.310 e. The Morgan fingerprint density at radius 1 is 1.33 bits per heavy atom. The second kappa shape index (κ2) is 4.58. The first kappa shape index (κ1) is 11.5. The highest BCUT2D eigenvalue weighted by Crippen LogP contribution is 2.30. The molecular formula is C15H18N2O. The maximum absolute atomic E-state index is 11.7. The molecule has 0 amide bonds. The zero-order valence-corrected chi connectivity index (χ0v) is 10.6. The van der Waals surface area contributed by atoms with Gasteiger partial charge in [-0.2, -0.15) is 0 Å². The van der Waals surface area contributed by atoms with Crippen LogP contribution in [0.2, 0.25) is 0 Å². The van der Waals surface area contributed by atoms with Crippen molar-refractivity contribution in [2.75, 3.05) is 6.54 Å². The van der Waals surface area contributed by atoms with Gasteiger partial charge in [0.25, 0.3) is 0 Å². The number of nitrogens with zero attached hydrogens (tertiary/aromatic N) is 1. The van der Waals surface area contributed by atoms with Crippen LogP contribution in [0, 0.1) is 0 Å². The van der Waals surface area contributed by atoms with Crippen LogP contribution in [-0.4, -0.2) is 17.0 Å². The van der Waals surface area contributed by atoms with E-state index < -0.39 is 0 Å². The minimum atomic E-state index is 0.0771. The molecule has 3 nitrogen and oxygen atoms in total. The van der Waals surface area contributed by atoms with E-state index in [1.807, 2.05) is 24.4 Å². The van der Waals surface area contributed by atoms with Gasteiger partial charge in [0.15, 0.2) is 0 Å². The third kappa shape index (κ3) is 1.85. The minimum Gasteiger partial charge on any atom is -0.310 e. The SMILES string of the molecule is CC(=O)n1cc([C@@H]2CCCCN2)c2ccccc21. The second-order valence-corrected chi connectivity index (χ2v) is 4.99. The Morgan fingerprint density at radius 2 is 2.17 bits per heavy atom. The van der Waals surface area contributed by atoms with E-state index in [0.29, 0.717) is 6.04 Å². The van der Waals surface area contributed by atoms with Gasteiger partial charge < -0.3 is 5.32 Å². The quantitative estimate of drug-likeness (QED) is 0.833. The molecule has 18 heavy (non-hydrogen) atoms. The van der Waals surface area contributed by atoms with Crippen LogP contribution < -0.4 is 5.32 Å². The number of piperidine rings is 1. The van der Waals surface area contributed by atoms with E-state index in [-0.39, 0.29) is 5.91 Å². The summed E-state index contributed by atoms with van der Waals surface area (Å²) < 4.78 is 1.76. The molecule has 0 unspecified atom stereocenters. The van der Waals surface area contributed by atoms with E-state index in [1.165, 1.54) is 23.8 Å². The molecule has 1 aromatic carbocycles. The van der Waals surface area contributed by atoms with Crippen LogP contribution in [0.3, 0.4) is 0 Å². The van der Waals surface area contributed by atoms with Crippen LogP contribution in [-0.2, 0) is 0 Å². The molecule has 1 aromatic heterocycles. The standard InChI is InChI=1S/C15H18N2O/c1-11(18)17-10-13(14-7-4-5-9-16-14)12-6-2-3-8-15(12)17/h2-3,6,8,10,14,16H,4-5,7,9H2,1H3/t14-/m0/s1. The number of nitrogens with one attached hydrogen (secondary N) is 1. The molecule has 0 aliphatic carbocycles. The van der Waals surface area contributed by atoms with Gasteiger partial charge in [-0.1, -0.05) is 24.6 Å². The monoisotopic (exact) mass is 242 g/mol. The summed E-state index contributed by atoms with van der Waals surface area (Å²) in [5.41, 5.74) is 2.29. The fourth-order valence-corrected chi connectivity index (χ4v) is 2.86. The minimum absolute atomic E-state index is 0.0771. The number of hydrogen-bond donors (Lipinski definition) is 1. The van der Waals surface area contributed by atoms with Crippen molar-refractivity contribution < 1.29 is 4.79 Å². The van der Waals surface area contributed by atoms with Gasteiger partial charge in [-0.15, -0.1) is 0 Å². The molecule has 1 fully saturated rings. The maximum atomic E-state index is 11.7. The van der Waals surface area contributed by atoms with Gasteiger partial charge in [0.05, 0.1) is 5.52 Å². The summed E-state index contributed by atoms with van der Waals surface area (Å²) >= 11 is 0. The average molecular weight is 242 g/mol. The fourth-order valence-electron chi connectivity index (χ4n) is 2.86. The maximum Gasteiger partial charge on any atom is 0.227 e. The summed E-state index contributed by atoms with van der Waals surface area (Å²) in [6, 6.07) is 8.55. The molecule has 0 spiro atoms. The highest BCUT2D eigenvalue weighted by molar-refractivity contribution is 5.93. The van der Waals surface area contributed by atoms with Gasteiger partial charge >= 0.3 is 0 Å². The summed E-state index contributed by atoms with van der Waals surface area (Å²) in [6.45, 7) is 2.69. The van der Waals surface area contributed by atoms with E-state index in [2.05, 4.69) is 11.4 Å². The summed E-state index contributed by atoms with van der Waals surface area (Å²) in [5.74, 6) is 0.0771. The molecule has 1 aliphatic rings. The highest BCUT2D eigenvalue weighted by atomic mass is 16.1. The van der Waals surface area contributed by atoms with Gasteiger partial charge in [-0.3, -0.25) is 9.36 Å². The van der Waals surface area contributed by atoms with E-state index >= 15 is 0 Å². The molecule has 1 atom stereocenters. The molecule has 1 N–H and O–H groups in total. The van der Waals surface area contributed by atoms with Crippen LogP contribution >= 0.6 is 0 Å². The predicted molar refractivity (Wildman–Crippen MR) is 72.8 cm³/mol. The van der Waals surface area contributed by atoms with Gasteiger partial charge in [0.2, 0.25) is 5.91 Å². The number of fused-ring (bicyclic) bond motifs is 1. The zero-order chi connectivity index (χ0) is 12.5. The number of aromatic nitrogens is 1. The molecule has 1 saturated heterocycles. The van der Waals surface area contributed by atoms with Crippen molar-refractivity contribution in [2.45, 2.75) is 32.2 Å². The smallest absolute Gasteiger partial charge is 0.227 e. The van der Waals surface area contributed by atoms with Crippen molar-refractivity contribution in [1.29, 1.82) is 0 Å². The Labute approximate surface area is 107 Å². The summed E-state index contributed by atoms with van der Waals surface area (Å²) in [4.78, 5) is 11.7. The van der Waals surface area contributed by atoms with E-state index in [0.717, 1.165) is 18.5 Å². The van der Waals surface area contributed by atoms with Crippen molar-refractivity contribution in [3.8, 4) is 0 Å². The molecule has 3 heteroatoms. The van der Waals surface area contributed by atoms with Crippen LogP contribution in [0.4, 0.5) is 0 Å². The molecule has 94 valence electrons. The third-order valence-corrected chi connectivity index (χ3v) is 3.77. The lowest BCUT2D eigenvalue weighted by atomic mass is 9.97. The average Bonchev–Trinajstić information content (AvgIpc) is 2.79. The molecule has 1 aliphatic heterocycles. The molecule has 2 heterocycles. The molecule has 0 saturated carbocycles. The second-order valence-electron chi connectivity index (χ2n) is 4.99. The Morgan fingerprint density at radius 3 is 2.89 bits per heavy atom. The Balaban J connectivity index is 2.13. The lowest BCUT2D eigenvalue weighted by Crippen LogP contribution is -2.26. The van der Waals surface area contributed by atoms with E-state index in [4.69, 9.17) is 0 Å². The lowest BCUT2D eigenvalue weighted by Gasteiger charge is -2.23. The topological polar surface area (TPSA) is 34.0 Å². The first-order valence-electron chi connectivity index (χ1n) is 6.61. The van der Waals surface area contributed by atoms with Crippen LogP contribution in [0.1, 0.15) is 42.6 Å². The predicted octanol–water partition coefficient (Wildman–Crippen LogP) is 3.12. The van der Waals surface area contributed by atoms with Gasteiger partial charge in [-0.05, 0) is 31.0 Å². The van der Waals surface area contributed by atoms with Crippen molar-refractivity contribution in [2.24, 2.45) is 0 Å². The third-order valence-electron chi connectivity index (χ3n) is 3.77. The summed E-state index contributed by atoms with van der Waals surface area (Å²) in [7, 11) is 0. The number of rotatable bonds is 1. The normalized spacial score (nSPS) is 20.2. The number of carbonyl (C=O) groups is 1. The first-order chi connectivity index (χ1) is 8.77. The number of carbonyl (C=O) groups excluding carboxylic acids is 1. The van der Waals surface area contributed by atoms with E-state index in [9.17, 15) is 4.79 Å². The molecule has 2 aromatic rings. The van der Waals surface area contributed by atoms with Crippen LogP contribution in [0.25, 0.3) is 10.9 Å². The zero-order valence-electron chi connectivity index (χ0n) is 10.6. The molecular weight excluding hydrogens is 224 g/mol. The Bertz CT molecular complexity index is 579. The number of hydrogen-bond acceptors (Lipinski definition) is 2. The van der Waals surface area contributed by atoms with Crippen molar-refractivity contribution in [3.05, 3.63) is 36.0 Å². The van der Waals surface area contributed by atoms with Gasteiger partial charge in [0, 0.05) is 24.5 Å². The van der Waals surface area contributed by atoms with Crippen LogP contribution in [0.15, 0.2) is 30.5 Å². The lowest BCUT2D eigenvalue weighted by molar-refractivity contribution is 0.0941. The Hall–Kier alpha value is -1.61. The number of para-hydroxylation sites is 1. The molecule has 0 bridgehead atoms. The van der Waals surface area contributed by atoms with Gasteiger partial charge in [-0.25, -0.2) is 0 Å². The summed E-state index contributed by atoms with van der Waals surface area (Å²) in [5, 5.41) is 4.76. The van der Waals surface area contributed by atoms with Crippen LogP contribution in [0.5, 0.6) is 0 Å².